The number of aliphatic hydroxyl groups excluding tert-OH is 1. The molecule has 1 atom stereocenters. The molecule has 1 aromatic heterocycles. The fourth-order valence-corrected chi connectivity index (χ4v) is 0.918. The highest BCUT2D eigenvalue weighted by molar-refractivity contribution is 5.04. The molecule has 0 saturated heterocycles. The summed E-state index contributed by atoms with van der Waals surface area (Å²) in [7, 11) is 1.87. The smallest absolute Gasteiger partial charge is 0.0553 e. The van der Waals surface area contributed by atoms with E-state index in [0.29, 0.717) is 6.42 Å². The normalized spacial score (nSPS) is 13.5. The summed E-state index contributed by atoms with van der Waals surface area (Å²) in [5.41, 5.74) is 1.08. The molecule has 0 amide bonds. The Bertz CT molecular complexity index is 205. The second kappa shape index (κ2) is 2.84. The molecule has 1 heterocycles. The number of aliphatic hydroxyl groups is 1. The first kappa shape index (κ1) is 7.28. The van der Waals surface area contributed by atoms with Gasteiger partial charge in [-0.05, 0) is 12.5 Å². The molecule has 1 rings (SSSR count). The van der Waals surface area contributed by atoms with Crippen molar-refractivity contribution >= 4 is 0 Å². The Labute approximate surface area is 60.3 Å². The average Bonchev–Trinajstić information content (AvgIpc) is 2.13. The first-order valence-corrected chi connectivity index (χ1v) is 3.34. The van der Waals surface area contributed by atoms with Crippen LogP contribution in [0.2, 0.25) is 0 Å². The van der Waals surface area contributed by atoms with E-state index in [4.69, 9.17) is 5.11 Å². The van der Waals surface area contributed by atoms with Crippen molar-refractivity contribution in [2.24, 2.45) is 7.05 Å². The molecular formula is C7H12N2O. The van der Waals surface area contributed by atoms with E-state index in [1.54, 1.807) is 17.8 Å². The summed E-state index contributed by atoms with van der Waals surface area (Å²) in [5, 5.41) is 13.0. The minimum atomic E-state index is -0.274. The van der Waals surface area contributed by atoms with Gasteiger partial charge in [0.1, 0.15) is 0 Å². The lowest BCUT2D eigenvalue weighted by Gasteiger charge is -1.98. The van der Waals surface area contributed by atoms with Crippen LogP contribution in [0.5, 0.6) is 0 Å². The van der Waals surface area contributed by atoms with E-state index < -0.39 is 0 Å². The summed E-state index contributed by atoms with van der Waals surface area (Å²) >= 11 is 0. The van der Waals surface area contributed by atoms with Gasteiger partial charge in [-0.25, -0.2) is 0 Å². The molecular weight excluding hydrogens is 128 g/mol. The van der Waals surface area contributed by atoms with Gasteiger partial charge in [-0.1, -0.05) is 0 Å². The van der Waals surface area contributed by atoms with Crippen LogP contribution in [-0.2, 0) is 13.5 Å². The summed E-state index contributed by atoms with van der Waals surface area (Å²) in [4.78, 5) is 0. The minimum absolute atomic E-state index is 0.274. The predicted octanol–water partition coefficient (Wildman–Crippen LogP) is 0.343. The molecule has 0 aliphatic rings. The molecule has 0 bridgehead atoms. The molecule has 10 heavy (non-hydrogen) atoms. The van der Waals surface area contributed by atoms with Gasteiger partial charge < -0.3 is 5.11 Å². The number of hydrogen-bond acceptors (Lipinski definition) is 2. The van der Waals surface area contributed by atoms with E-state index in [0.717, 1.165) is 5.56 Å². The number of rotatable bonds is 2. The van der Waals surface area contributed by atoms with Gasteiger partial charge in [0.15, 0.2) is 0 Å². The Morgan fingerprint density at radius 1 is 1.80 bits per heavy atom. The Hall–Kier alpha value is -0.830. The van der Waals surface area contributed by atoms with Crippen molar-refractivity contribution in [2.45, 2.75) is 19.4 Å². The fourth-order valence-electron chi connectivity index (χ4n) is 0.918. The second-order valence-corrected chi connectivity index (χ2v) is 2.58. The Balaban J connectivity index is 2.58. The molecule has 0 spiro atoms. The first-order chi connectivity index (χ1) is 4.68. The van der Waals surface area contributed by atoms with E-state index in [1.165, 1.54) is 0 Å². The lowest BCUT2D eigenvalue weighted by molar-refractivity contribution is 0.195. The largest absolute Gasteiger partial charge is 0.393 e. The van der Waals surface area contributed by atoms with E-state index in [1.807, 2.05) is 13.2 Å². The zero-order valence-electron chi connectivity index (χ0n) is 6.28. The number of aryl methyl sites for hydroxylation is 1. The third-order valence-corrected chi connectivity index (χ3v) is 1.29. The number of aromatic nitrogens is 2. The van der Waals surface area contributed by atoms with E-state index in [2.05, 4.69) is 5.10 Å². The Morgan fingerprint density at radius 2 is 2.50 bits per heavy atom. The lowest BCUT2D eigenvalue weighted by Crippen LogP contribution is -2.02. The standard InChI is InChI=1S/C7H12N2O/c1-6(10)3-7-4-8-9(2)5-7/h4-6,10H,3H2,1-2H3/t6-/m0/s1. The molecule has 1 aromatic rings. The SMILES string of the molecule is C[C@H](O)Cc1cnn(C)c1. The molecule has 0 radical (unpaired) electrons. The van der Waals surface area contributed by atoms with Gasteiger partial charge in [-0.2, -0.15) is 5.10 Å². The van der Waals surface area contributed by atoms with Crippen LogP contribution in [0.25, 0.3) is 0 Å². The molecule has 3 nitrogen and oxygen atoms in total. The van der Waals surface area contributed by atoms with Crippen molar-refractivity contribution in [1.82, 2.24) is 9.78 Å². The maximum Gasteiger partial charge on any atom is 0.0553 e. The summed E-state index contributed by atoms with van der Waals surface area (Å²) in [6.07, 6.45) is 4.09. The molecule has 0 aliphatic heterocycles. The maximum absolute atomic E-state index is 8.98. The van der Waals surface area contributed by atoms with Crippen LogP contribution in [0.4, 0.5) is 0 Å². The van der Waals surface area contributed by atoms with Gasteiger partial charge in [-0.15, -0.1) is 0 Å². The summed E-state index contributed by atoms with van der Waals surface area (Å²) in [5.74, 6) is 0. The Kier molecular flexibility index (Phi) is 2.06. The van der Waals surface area contributed by atoms with Gasteiger partial charge in [0.25, 0.3) is 0 Å². The van der Waals surface area contributed by atoms with Crippen molar-refractivity contribution in [1.29, 1.82) is 0 Å². The van der Waals surface area contributed by atoms with Crippen molar-refractivity contribution in [3.05, 3.63) is 18.0 Å². The molecule has 0 saturated carbocycles. The van der Waals surface area contributed by atoms with E-state index >= 15 is 0 Å². The molecule has 0 unspecified atom stereocenters. The number of hydrogen-bond donors (Lipinski definition) is 1. The van der Waals surface area contributed by atoms with E-state index in [9.17, 15) is 0 Å². The topological polar surface area (TPSA) is 38.1 Å². The van der Waals surface area contributed by atoms with Crippen LogP contribution >= 0.6 is 0 Å². The predicted molar refractivity (Wildman–Crippen MR) is 38.6 cm³/mol. The zero-order chi connectivity index (χ0) is 7.56. The summed E-state index contributed by atoms with van der Waals surface area (Å²) < 4.78 is 1.73. The zero-order valence-corrected chi connectivity index (χ0v) is 6.28. The van der Waals surface area contributed by atoms with Crippen molar-refractivity contribution in [2.75, 3.05) is 0 Å². The lowest BCUT2D eigenvalue weighted by atomic mass is 10.2. The molecule has 56 valence electrons. The third kappa shape index (κ3) is 1.84. The molecule has 0 aliphatic carbocycles. The quantitative estimate of drug-likeness (QED) is 0.643. The third-order valence-electron chi connectivity index (χ3n) is 1.29. The summed E-state index contributed by atoms with van der Waals surface area (Å²) in [6.45, 7) is 1.77. The van der Waals surface area contributed by atoms with Crippen molar-refractivity contribution < 1.29 is 5.11 Å². The van der Waals surface area contributed by atoms with Crippen LogP contribution in [0, 0.1) is 0 Å². The maximum atomic E-state index is 8.98. The van der Waals surface area contributed by atoms with Crippen molar-refractivity contribution in [3.8, 4) is 0 Å². The van der Waals surface area contributed by atoms with Crippen LogP contribution in [0.3, 0.4) is 0 Å². The number of nitrogens with zero attached hydrogens (tertiary/aromatic N) is 2. The van der Waals surface area contributed by atoms with Crippen LogP contribution < -0.4 is 0 Å². The molecule has 3 heteroatoms. The molecule has 0 fully saturated rings. The molecule has 0 aromatic carbocycles. The summed E-state index contributed by atoms with van der Waals surface area (Å²) in [6, 6.07) is 0. The first-order valence-electron chi connectivity index (χ1n) is 3.34. The highest BCUT2D eigenvalue weighted by Gasteiger charge is 1.99. The van der Waals surface area contributed by atoms with Gasteiger partial charge >= 0.3 is 0 Å². The minimum Gasteiger partial charge on any atom is -0.393 e. The molecule has 1 N–H and O–H groups in total. The van der Waals surface area contributed by atoms with Gasteiger partial charge in [0, 0.05) is 19.7 Å². The van der Waals surface area contributed by atoms with Gasteiger partial charge in [0.2, 0.25) is 0 Å². The van der Waals surface area contributed by atoms with Crippen LogP contribution in [0.15, 0.2) is 12.4 Å². The fraction of sp³-hybridized carbons (Fsp3) is 0.571. The average molecular weight is 140 g/mol. The second-order valence-electron chi connectivity index (χ2n) is 2.58. The van der Waals surface area contributed by atoms with Crippen molar-refractivity contribution in [3.63, 3.8) is 0 Å². The van der Waals surface area contributed by atoms with Crippen LogP contribution in [0.1, 0.15) is 12.5 Å². The highest BCUT2D eigenvalue weighted by atomic mass is 16.3. The Morgan fingerprint density at radius 3 is 2.90 bits per heavy atom. The van der Waals surface area contributed by atoms with E-state index in [-0.39, 0.29) is 6.10 Å². The van der Waals surface area contributed by atoms with Crippen LogP contribution in [-0.4, -0.2) is 21.0 Å². The van der Waals surface area contributed by atoms with Gasteiger partial charge in [-0.3, -0.25) is 4.68 Å². The van der Waals surface area contributed by atoms with Gasteiger partial charge in [0.05, 0.1) is 12.3 Å². The highest BCUT2D eigenvalue weighted by Crippen LogP contribution is 1.99. The monoisotopic (exact) mass is 140 g/mol.